The van der Waals surface area contributed by atoms with Gasteiger partial charge in [-0.15, -0.1) is 0 Å². The van der Waals surface area contributed by atoms with Crippen LogP contribution < -0.4 is 0 Å². The predicted octanol–water partition coefficient (Wildman–Crippen LogP) is 4.49. The summed E-state index contributed by atoms with van der Waals surface area (Å²) < 4.78 is 0. The Morgan fingerprint density at radius 2 is 1.67 bits per heavy atom. The second kappa shape index (κ2) is 10.6. The van der Waals surface area contributed by atoms with Gasteiger partial charge in [-0.2, -0.15) is 0 Å². The van der Waals surface area contributed by atoms with Gasteiger partial charge in [0.1, 0.15) is 0 Å². The SMILES string of the molecule is CCCCCCCCC#CC#Cc1ccc(C(=O)O)cc1. The zero-order valence-corrected chi connectivity index (χ0v) is 12.6. The molecule has 0 aliphatic rings. The molecule has 2 heteroatoms. The average molecular weight is 282 g/mol. The molecule has 2 nitrogen and oxygen atoms in total. The molecule has 1 aromatic carbocycles. The van der Waals surface area contributed by atoms with Crippen LogP contribution in [0.5, 0.6) is 0 Å². The van der Waals surface area contributed by atoms with Crippen molar-refractivity contribution < 1.29 is 9.90 Å². The van der Waals surface area contributed by atoms with Crippen molar-refractivity contribution in [2.45, 2.75) is 51.9 Å². The topological polar surface area (TPSA) is 37.3 Å². The first-order valence-corrected chi connectivity index (χ1v) is 7.56. The molecule has 0 aromatic heterocycles. The van der Waals surface area contributed by atoms with Gasteiger partial charge in [-0.25, -0.2) is 4.79 Å². The van der Waals surface area contributed by atoms with Crippen LogP contribution in [0.2, 0.25) is 0 Å². The normalized spacial score (nSPS) is 9.19. The molecule has 0 aliphatic carbocycles. The van der Waals surface area contributed by atoms with Crippen LogP contribution in [0.25, 0.3) is 0 Å². The van der Waals surface area contributed by atoms with Gasteiger partial charge in [0.05, 0.1) is 5.56 Å². The predicted molar refractivity (Wildman–Crippen MR) is 86.0 cm³/mol. The number of carboxylic acids is 1. The highest BCUT2D eigenvalue weighted by Gasteiger charge is 1.99. The summed E-state index contributed by atoms with van der Waals surface area (Å²) in [6, 6.07) is 6.50. The fourth-order valence-corrected chi connectivity index (χ4v) is 1.90. The molecule has 0 heterocycles. The van der Waals surface area contributed by atoms with E-state index in [0.29, 0.717) is 0 Å². The van der Waals surface area contributed by atoms with E-state index in [1.807, 2.05) is 0 Å². The minimum atomic E-state index is -0.923. The number of unbranched alkanes of at least 4 members (excludes halogenated alkanes) is 6. The molecular formula is C19H22O2. The molecule has 0 bridgehead atoms. The Hall–Kier alpha value is -2.19. The van der Waals surface area contributed by atoms with Crippen LogP contribution >= 0.6 is 0 Å². The van der Waals surface area contributed by atoms with Gasteiger partial charge in [0.25, 0.3) is 0 Å². The van der Waals surface area contributed by atoms with E-state index in [1.54, 1.807) is 24.3 Å². The van der Waals surface area contributed by atoms with Crippen molar-refractivity contribution in [3.8, 4) is 23.7 Å². The summed E-state index contributed by atoms with van der Waals surface area (Å²) in [5.74, 6) is 10.7. The van der Waals surface area contributed by atoms with Crippen molar-refractivity contribution in [1.29, 1.82) is 0 Å². The van der Waals surface area contributed by atoms with Gasteiger partial charge < -0.3 is 5.11 Å². The van der Waals surface area contributed by atoms with Gasteiger partial charge in [-0.1, -0.05) is 50.9 Å². The number of hydrogen-bond acceptors (Lipinski definition) is 1. The van der Waals surface area contributed by atoms with E-state index in [-0.39, 0.29) is 5.56 Å². The molecule has 0 spiro atoms. The summed E-state index contributed by atoms with van der Waals surface area (Å²) in [5, 5.41) is 8.78. The lowest BCUT2D eigenvalue weighted by Gasteiger charge is -1.96. The van der Waals surface area contributed by atoms with Crippen molar-refractivity contribution in [2.75, 3.05) is 0 Å². The zero-order chi connectivity index (χ0) is 15.3. The molecule has 0 radical (unpaired) electrons. The average Bonchev–Trinajstić information content (AvgIpc) is 2.49. The molecule has 0 saturated carbocycles. The summed E-state index contributed by atoms with van der Waals surface area (Å²) in [5.41, 5.74) is 1.06. The Kier molecular flexibility index (Phi) is 8.50. The minimum absolute atomic E-state index is 0.273. The molecule has 110 valence electrons. The van der Waals surface area contributed by atoms with Gasteiger partial charge in [-0.3, -0.25) is 0 Å². The molecule has 0 amide bonds. The van der Waals surface area contributed by atoms with Gasteiger partial charge in [0, 0.05) is 12.0 Å². The number of hydrogen-bond donors (Lipinski definition) is 1. The summed E-state index contributed by atoms with van der Waals surface area (Å²) in [6.45, 7) is 2.22. The van der Waals surface area contributed by atoms with Crippen LogP contribution in [-0.2, 0) is 0 Å². The lowest BCUT2D eigenvalue weighted by Crippen LogP contribution is -1.94. The molecule has 0 aliphatic heterocycles. The van der Waals surface area contributed by atoms with E-state index in [1.165, 1.54) is 32.1 Å². The largest absolute Gasteiger partial charge is 0.478 e. The van der Waals surface area contributed by atoms with Crippen LogP contribution in [0.3, 0.4) is 0 Å². The van der Waals surface area contributed by atoms with E-state index in [9.17, 15) is 4.79 Å². The summed E-state index contributed by atoms with van der Waals surface area (Å²) in [6.07, 6.45) is 8.54. The molecule has 0 atom stereocenters. The molecule has 21 heavy (non-hydrogen) atoms. The smallest absolute Gasteiger partial charge is 0.335 e. The minimum Gasteiger partial charge on any atom is -0.478 e. The van der Waals surface area contributed by atoms with Crippen LogP contribution in [0.1, 0.15) is 67.8 Å². The fraction of sp³-hybridized carbons (Fsp3) is 0.421. The van der Waals surface area contributed by atoms with Crippen molar-refractivity contribution in [3.63, 3.8) is 0 Å². The monoisotopic (exact) mass is 282 g/mol. The van der Waals surface area contributed by atoms with Gasteiger partial charge in [-0.05, 0) is 42.5 Å². The third-order valence-electron chi connectivity index (χ3n) is 3.14. The summed E-state index contributed by atoms with van der Waals surface area (Å²) in [4.78, 5) is 10.7. The Bertz CT molecular complexity index is 547. The molecular weight excluding hydrogens is 260 g/mol. The third kappa shape index (κ3) is 7.85. The van der Waals surface area contributed by atoms with Crippen LogP contribution in [0.4, 0.5) is 0 Å². The van der Waals surface area contributed by atoms with E-state index in [2.05, 4.69) is 30.6 Å². The third-order valence-corrected chi connectivity index (χ3v) is 3.14. The summed E-state index contributed by atoms with van der Waals surface area (Å²) in [7, 11) is 0. The van der Waals surface area contributed by atoms with E-state index < -0.39 is 5.97 Å². The van der Waals surface area contributed by atoms with Crippen molar-refractivity contribution >= 4 is 5.97 Å². The Labute approximate surface area is 127 Å². The van der Waals surface area contributed by atoms with E-state index in [0.717, 1.165) is 18.4 Å². The maximum atomic E-state index is 10.7. The second-order valence-electron chi connectivity index (χ2n) is 4.95. The van der Waals surface area contributed by atoms with Crippen LogP contribution in [0.15, 0.2) is 24.3 Å². The highest BCUT2D eigenvalue weighted by atomic mass is 16.4. The Morgan fingerprint density at radius 3 is 2.33 bits per heavy atom. The first-order chi connectivity index (χ1) is 10.2. The lowest BCUT2D eigenvalue weighted by molar-refractivity contribution is 0.0697. The number of benzene rings is 1. The molecule has 0 fully saturated rings. The van der Waals surface area contributed by atoms with Crippen LogP contribution in [-0.4, -0.2) is 11.1 Å². The first-order valence-electron chi connectivity index (χ1n) is 7.56. The number of rotatable bonds is 7. The first kappa shape index (κ1) is 16.9. The zero-order valence-electron chi connectivity index (χ0n) is 12.6. The molecule has 0 unspecified atom stereocenters. The summed E-state index contributed by atoms with van der Waals surface area (Å²) >= 11 is 0. The molecule has 1 N–H and O–H groups in total. The van der Waals surface area contributed by atoms with E-state index >= 15 is 0 Å². The molecule has 0 saturated heterocycles. The van der Waals surface area contributed by atoms with Gasteiger partial charge >= 0.3 is 5.97 Å². The fourth-order valence-electron chi connectivity index (χ4n) is 1.90. The maximum Gasteiger partial charge on any atom is 0.335 e. The van der Waals surface area contributed by atoms with Crippen molar-refractivity contribution in [2.24, 2.45) is 0 Å². The highest BCUT2D eigenvalue weighted by molar-refractivity contribution is 5.87. The van der Waals surface area contributed by atoms with E-state index in [4.69, 9.17) is 5.11 Å². The maximum absolute atomic E-state index is 10.7. The highest BCUT2D eigenvalue weighted by Crippen LogP contribution is 2.06. The quantitative estimate of drug-likeness (QED) is 0.591. The van der Waals surface area contributed by atoms with Crippen molar-refractivity contribution in [1.82, 2.24) is 0 Å². The van der Waals surface area contributed by atoms with Crippen molar-refractivity contribution in [3.05, 3.63) is 35.4 Å². The Morgan fingerprint density at radius 1 is 1.00 bits per heavy atom. The number of aromatic carboxylic acids is 1. The van der Waals surface area contributed by atoms with Gasteiger partial charge in [0.15, 0.2) is 0 Å². The lowest BCUT2D eigenvalue weighted by atomic mass is 10.1. The molecule has 1 rings (SSSR count). The second-order valence-corrected chi connectivity index (χ2v) is 4.95. The Balaban J connectivity index is 2.26. The van der Waals surface area contributed by atoms with Gasteiger partial charge in [0.2, 0.25) is 0 Å². The number of carboxylic acid groups (broad SMARTS) is 1. The van der Waals surface area contributed by atoms with Crippen LogP contribution in [0, 0.1) is 23.7 Å². The number of carbonyl (C=O) groups is 1. The molecule has 1 aromatic rings. The standard InChI is InChI=1S/C19H22O2/c1-2-3-4-5-6-7-8-9-10-11-12-17-13-15-18(16-14-17)19(20)21/h13-16H,2-8H2,1H3,(H,20,21).